The van der Waals surface area contributed by atoms with Crippen LogP contribution in [0.2, 0.25) is 0 Å². The van der Waals surface area contributed by atoms with E-state index in [1.807, 2.05) is 42.2 Å². The summed E-state index contributed by atoms with van der Waals surface area (Å²) < 4.78 is 11.4. The van der Waals surface area contributed by atoms with Crippen molar-refractivity contribution in [3.63, 3.8) is 0 Å². The third-order valence-corrected chi connectivity index (χ3v) is 7.62. The van der Waals surface area contributed by atoms with Crippen LogP contribution in [0.4, 0.5) is 0 Å². The quantitative estimate of drug-likeness (QED) is 0.243. The van der Waals surface area contributed by atoms with Crippen LogP contribution in [0.25, 0.3) is 11.1 Å². The number of piperazine rings is 1. The fraction of sp³-hybridized carbons (Fsp3) is 0.233. The number of fused-ring (bicyclic) bond motifs is 1. The van der Waals surface area contributed by atoms with Crippen LogP contribution >= 0.6 is 11.8 Å². The first-order valence-corrected chi connectivity index (χ1v) is 13.7. The van der Waals surface area contributed by atoms with Gasteiger partial charge in [0.05, 0.1) is 11.8 Å². The number of carbonyl (C=O) groups is 1. The molecule has 7 nitrogen and oxygen atoms in total. The van der Waals surface area contributed by atoms with Gasteiger partial charge in [-0.3, -0.25) is 9.69 Å². The number of hydrogen-bond acceptors (Lipinski definition) is 7. The predicted molar refractivity (Wildman–Crippen MR) is 147 cm³/mol. The maximum Gasteiger partial charge on any atom is 0.275 e. The van der Waals surface area contributed by atoms with E-state index in [1.165, 1.54) is 29.2 Å². The second-order valence-electron chi connectivity index (χ2n) is 9.42. The Morgan fingerprint density at radius 3 is 2.29 bits per heavy atom. The van der Waals surface area contributed by atoms with Crippen LogP contribution in [0.1, 0.15) is 39.1 Å². The van der Waals surface area contributed by atoms with Crippen LogP contribution < -0.4 is 0 Å². The molecule has 1 amide bonds. The largest absolute Gasteiger partial charge is 0.447 e. The molecule has 0 aliphatic carbocycles. The molecule has 1 aliphatic heterocycles. The van der Waals surface area contributed by atoms with Gasteiger partial charge in [0.25, 0.3) is 11.1 Å². The third kappa shape index (κ3) is 5.23. The van der Waals surface area contributed by atoms with Crippen molar-refractivity contribution in [1.82, 2.24) is 19.8 Å². The van der Waals surface area contributed by atoms with E-state index in [9.17, 15) is 4.79 Å². The zero-order valence-corrected chi connectivity index (χ0v) is 21.9. The summed E-state index contributed by atoms with van der Waals surface area (Å²) in [5.74, 6) is 0.810. The standard InChI is InChI=1S/C30H28N4O3S/c1-21-12-13-26-24(18-21)32-30(37-26)38-20-27-31-25(19-36-27)29(35)34-16-14-33(15-17-34)28(22-8-4-2-5-9-22)23-10-6-3-7-11-23/h2-13,18-19,28H,14-17,20H2,1H3. The fourth-order valence-corrected chi connectivity index (χ4v) is 5.60. The van der Waals surface area contributed by atoms with Gasteiger partial charge in [-0.25, -0.2) is 9.97 Å². The van der Waals surface area contributed by atoms with Gasteiger partial charge in [-0.1, -0.05) is 78.5 Å². The van der Waals surface area contributed by atoms with Gasteiger partial charge < -0.3 is 13.7 Å². The lowest BCUT2D eigenvalue weighted by Crippen LogP contribution is -2.50. The Balaban J connectivity index is 1.08. The van der Waals surface area contributed by atoms with E-state index >= 15 is 0 Å². The summed E-state index contributed by atoms with van der Waals surface area (Å²) in [5, 5.41) is 0.555. The Kier molecular flexibility index (Phi) is 6.98. The van der Waals surface area contributed by atoms with Crippen molar-refractivity contribution in [2.24, 2.45) is 0 Å². The van der Waals surface area contributed by atoms with E-state index in [-0.39, 0.29) is 11.9 Å². The number of hydrogen-bond donors (Lipinski definition) is 0. The van der Waals surface area contributed by atoms with E-state index in [4.69, 9.17) is 8.83 Å². The molecule has 192 valence electrons. The Morgan fingerprint density at radius 2 is 1.61 bits per heavy atom. The highest BCUT2D eigenvalue weighted by atomic mass is 32.2. The Hall–Kier alpha value is -3.88. The highest BCUT2D eigenvalue weighted by Crippen LogP contribution is 2.30. The van der Waals surface area contributed by atoms with E-state index < -0.39 is 0 Å². The van der Waals surface area contributed by atoms with Crippen molar-refractivity contribution in [1.29, 1.82) is 0 Å². The predicted octanol–water partition coefficient (Wildman–Crippen LogP) is 5.96. The first kappa shape index (κ1) is 24.5. The number of carbonyl (C=O) groups excluding carboxylic acids is 1. The molecule has 0 radical (unpaired) electrons. The summed E-state index contributed by atoms with van der Waals surface area (Å²) in [6.45, 7) is 4.84. The van der Waals surface area contributed by atoms with Crippen LogP contribution in [-0.4, -0.2) is 51.9 Å². The number of benzene rings is 3. The molecule has 0 unspecified atom stereocenters. The first-order chi connectivity index (χ1) is 18.6. The number of nitrogens with zero attached hydrogens (tertiary/aromatic N) is 4. The second kappa shape index (κ2) is 10.8. The lowest BCUT2D eigenvalue weighted by molar-refractivity contribution is 0.0591. The van der Waals surface area contributed by atoms with Crippen molar-refractivity contribution in [3.8, 4) is 0 Å². The summed E-state index contributed by atoms with van der Waals surface area (Å²) in [4.78, 5) is 26.5. The number of amides is 1. The van der Waals surface area contributed by atoms with Crippen LogP contribution in [0, 0.1) is 6.92 Å². The minimum Gasteiger partial charge on any atom is -0.447 e. The van der Waals surface area contributed by atoms with Crippen LogP contribution in [-0.2, 0) is 5.75 Å². The SMILES string of the molecule is Cc1ccc2oc(SCc3nc(C(=O)N4CCN(C(c5ccccc5)c5ccccc5)CC4)co3)nc2c1. The van der Waals surface area contributed by atoms with Crippen LogP contribution in [0.3, 0.4) is 0 Å². The molecule has 6 rings (SSSR count). The van der Waals surface area contributed by atoms with Crippen molar-refractivity contribution < 1.29 is 13.6 Å². The Labute approximate surface area is 225 Å². The summed E-state index contributed by atoms with van der Waals surface area (Å²) in [5.41, 5.74) is 5.57. The smallest absolute Gasteiger partial charge is 0.275 e. The second-order valence-corrected chi connectivity index (χ2v) is 10.3. The van der Waals surface area contributed by atoms with Gasteiger partial charge in [0.15, 0.2) is 11.3 Å². The summed E-state index contributed by atoms with van der Waals surface area (Å²) in [6.07, 6.45) is 1.46. The van der Waals surface area contributed by atoms with Gasteiger partial charge in [0.1, 0.15) is 11.8 Å². The molecule has 0 bridgehead atoms. The zero-order chi connectivity index (χ0) is 25.9. The molecule has 8 heteroatoms. The lowest BCUT2D eigenvalue weighted by Gasteiger charge is -2.39. The topological polar surface area (TPSA) is 75.6 Å². The van der Waals surface area contributed by atoms with Crippen molar-refractivity contribution in [3.05, 3.63) is 113 Å². The fourth-order valence-electron chi connectivity index (χ4n) is 4.91. The monoisotopic (exact) mass is 524 g/mol. The minimum absolute atomic E-state index is 0.0991. The number of oxazole rings is 2. The van der Waals surface area contributed by atoms with Crippen molar-refractivity contribution >= 4 is 28.8 Å². The highest BCUT2D eigenvalue weighted by molar-refractivity contribution is 7.98. The van der Waals surface area contributed by atoms with E-state index in [2.05, 4.69) is 63.4 Å². The molecule has 3 aromatic carbocycles. The normalized spacial score (nSPS) is 14.4. The van der Waals surface area contributed by atoms with Gasteiger partial charge in [-0.15, -0.1) is 0 Å². The summed E-state index contributed by atoms with van der Waals surface area (Å²) in [7, 11) is 0. The Morgan fingerprint density at radius 1 is 0.921 bits per heavy atom. The number of thioether (sulfide) groups is 1. The zero-order valence-electron chi connectivity index (χ0n) is 21.1. The molecule has 0 atom stereocenters. The van der Waals surface area contributed by atoms with Crippen LogP contribution in [0.15, 0.2) is 99.2 Å². The number of rotatable bonds is 7. The van der Waals surface area contributed by atoms with E-state index in [0.717, 1.165) is 29.8 Å². The van der Waals surface area contributed by atoms with Crippen LogP contribution in [0.5, 0.6) is 0 Å². The molecule has 38 heavy (non-hydrogen) atoms. The minimum atomic E-state index is -0.0991. The average Bonchev–Trinajstić information content (AvgIpc) is 3.60. The molecule has 0 saturated carbocycles. The molecule has 1 fully saturated rings. The highest BCUT2D eigenvalue weighted by Gasteiger charge is 2.29. The van der Waals surface area contributed by atoms with Gasteiger partial charge >= 0.3 is 0 Å². The van der Waals surface area contributed by atoms with E-state index in [1.54, 1.807) is 0 Å². The van der Waals surface area contributed by atoms with Gasteiger partial charge in [0, 0.05) is 26.2 Å². The molecule has 1 aliphatic rings. The molecular formula is C30H28N4O3S. The first-order valence-electron chi connectivity index (χ1n) is 12.7. The van der Waals surface area contributed by atoms with Gasteiger partial charge in [-0.2, -0.15) is 0 Å². The molecule has 1 saturated heterocycles. The molecule has 2 aromatic heterocycles. The maximum absolute atomic E-state index is 13.2. The number of aromatic nitrogens is 2. The lowest BCUT2D eigenvalue weighted by atomic mass is 9.96. The van der Waals surface area contributed by atoms with E-state index in [0.29, 0.717) is 35.6 Å². The van der Waals surface area contributed by atoms with Crippen molar-refractivity contribution in [2.45, 2.75) is 23.9 Å². The van der Waals surface area contributed by atoms with Gasteiger partial charge in [0.2, 0.25) is 5.89 Å². The molecule has 5 aromatic rings. The van der Waals surface area contributed by atoms with Gasteiger partial charge in [-0.05, 0) is 35.7 Å². The summed E-state index contributed by atoms with van der Waals surface area (Å²) >= 11 is 1.40. The third-order valence-electron chi connectivity index (χ3n) is 6.81. The summed E-state index contributed by atoms with van der Waals surface area (Å²) in [6, 6.07) is 27.2. The number of aryl methyl sites for hydroxylation is 1. The molecule has 3 heterocycles. The Bertz CT molecular complexity index is 1490. The molecular weight excluding hydrogens is 496 g/mol. The maximum atomic E-state index is 13.2. The average molecular weight is 525 g/mol. The van der Waals surface area contributed by atoms with Crippen molar-refractivity contribution in [2.75, 3.05) is 26.2 Å². The molecule has 0 spiro atoms. The molecule has 0 N–H and O–H groups in total.